The maximum absolute atomic E-state index is 12.9. The maximum atomic E-state index is 12.9. The molecule has 1 aliphatic heterocycles. The molecule has 2 N–H and O–H groups in total. The second-order valence-corrected chi connectivity index (χ2v) is 9.62. The van der Waals surface area contributed by atoms with Crippen LogP contribution in [0.1, 0.15) is 18.4 Å². The van der Waals surface area contributed by atoms with Gasteiger partial charge in [-0.1, -0.05) is 18.2 Å². The standard InChI is InChI=1S/C23H27FN2O6S/c24-12-13-25-22(28)23(11-16-33(29,30)20-5-2-1-3-6-20)17-32-21(26-23)18-7-9-19(10-8-18)31-15-4-14-27/h1-3,5-10,27H,4,11-17H2,(H,25,28)/t23-/m1/s1. The van der Waals surface area contributed by atoms with E-state index in [-0.39, 0.29) is 42.7 Å². The molecule has 0 radical (unpaired) electrons. The number of hydrogen-bond acceptors (Lipinski definition) is 7. The summed E-state index contributed by atoms with van der Waals surface area (Å²) in [6.07, 6.45) is 0.397. The van der Waals surface area contributed by atoms with Gasteiger partial charge in [0.25, 0.3) is 5.91 Å². The Morgan fingerprint density at radius 3 is 2.58 bits per heavy atom. The number of amides is 1. The summed E-state index contributed by atoms with van der Waals surface area (Å²) in [4.78, 5) is 17.5. The van der Waals surface area contributed by atoms with Gasteiger partial charge < -0.3 is 19.9 Å². The highest BCUT2D eigenvalue weighted by atomic mass is 32.2. The number of nitrogens with one attached hydrogen (secondary N) is 1. The molecular weight excluding hydrogens is 451 g/mol. The number of nitrogens with zero attached hydrogens (tertiary/aromatic N) is 1. The van der Waals surface area contributed by atoms with Crippen molar-refractivity contribution < 1.29 is 32.2 Å². The van der Waals surface area contributed by atoms with Crippen LogP contribution in [0.3, 0.4) is 0 Å². The lowest BCUT2D eigenvalue weighted by molar-refractivity contribution is -0.126. The second kappa shape index (κ2) is 11.2. The highest BCUT2D eigenvalue weighted by Gasteiger charge is 2.45. The van der Waals surface area contributed by atoms with Gasteiger partial charge in [0, 0.05) is 25.1 Å². The number of halogens is 1. The molecule has 3 rings (SSSR count). The molecule has 10 heteroatoms. The predicted molar refractivity (Wildman–Crippen MR) is 121 cm³/mol. The number of aliphatic imine (C=N–C) groups is 1. The van der Waals surface area contributed by atoms with Crippen molar-refractivity contribution in [3.8, 4) is 5.75 Å². The van der Waals surface area contributed by atoms with E-state index in [1.807, 2.05) is 0 Å². The van der Waals surface area contributed by atoms with E-state index in [2.05, 4.69) is 10.3 Å². The van der Waals surface area contributed by atoms with Gasteiger partial charge in [0.15, 0.2) is 15.4 Å². The van der Waals surface area contributed by atoms with Gasteiger partial charge in [0.1, 0.15) is 19.0 Å². The largest absolute Gasteiger partial charge is 0.494 e. The zero-order valence-electron chi connectivity index (χ0n) is 18.1. The van der Waals surface area contributed by atoms with E-state index < -0.39 is 28.0 Å². The summed E-state index contributed by atoms with van der Waals surface area (Å²) in [5.41, 5.74) is -0.890. The van der Waals surface area contributed by atoms with Gasteiger partial charge in [-0.15, -0.1) is 0 Å². The van der Waals surface area contributed by atoms with E-state index in [1.165, 1.54) is 12.1 Å². The lowest BCUT2D eigenvalue weighted by Crippen LogP contribution is -2.48. The molecule has 0 saturated heterocycles. The third kappa shape index (κ3) is 6.29. The minimum atomic E-state index is -3.65. The van der Waals surface area contributed by atoms with Crippen LogP contribution >= 0.6 is 0 Å². The summed E-state index contributed by atoms with van der Waals surface area (Å²) in [5.74, 6) is -0.101. The fraction of sp³-hybridized carbons (Fsp3) is 0.391. The van der Waals surface area contributed by atoms with E-state index in [0.717, 1.165) is 0 Å². The van der Waals surface area contributed by atoms with Crippen LogP contribution in [-0.4, -0.2) is 69.7 Å². The van der Waals surface area contributed by atoms with Gasteiger partial charge in [0.2, 0.25) is 5.90 Å². The molecule has 0 aliphatic carbocycles. The quantitative estimate of drug-likeness (QED) is 0.451. The molecule has 2 aromatic carbocycles. The van der Waals surface area contributed by atoms with Crippen molar-refractivity contribution in [2.45, 2.75) is 23.3 Å². The Kier molecular flexibility index (Phi) is 8.40. The topological polar surface area (TPSA) is 114 Å². The molecule has 0 unspecified atom stereocenters. The van der Waals surface area contributed by atoms with Crippen LogP contribution in [-0.2, 0) is 19.4 Å². The van der Waals surface area contributed by atoms with E-state index in [4.69, 9.17) is 14.6 Å². The van der Waals surface area contributed by atoms with Gasteiger partial charge in [-0.2, -0.15) is 0 Å². The van der Waals surface area contributed by atoms with E-state index in [9.17, 15) is 17.6 Å². The molecule has 0 bridgehead atoms. The average molecular weight is 479 g/mol. The number of sulfone groups is 1. The number of ether oxygens (including phenoxy) is 2. The molecule has 33 heavy (non-hydrogen) atoms. The Hall–Kier alpha value is -2.98. The molecule has 8 nitrogen and oxygen atoms in total. The van der Waals surface area contributed by atoms with Gasteiger partial charge in [-0.3, -0.25) is 4.79 Å². The first-order valence-electron chi connectivity index (χ1n) is 10.6. The Balaban J connectivity index is 1.80. The van der Waals surface area contributed by atoms with Gasteiger partial charge in [-0.05, 0) is 42.8 Å². The van der Waals surface area contributed by atoms with Crippen molar-refractivity contribution >= 4 is 21.6 Å². The molecule has 0 spiro atoms. The van der Waals surface area contributed by atoms with E-state index >= 15 is 0 Å². The highest BCUT2D eigenvalue weighted by molar-refractivity contribution is 7.91. The third-order valence-electron chi connectivity index (χ3n) is 5.13. The van der Waals surface area contributed by atoms with E-state index in [0.29, 0.717) is 24.3 Å². The molecule has 1 aliphatic rings. The molecule has 1 amide bonds. The number of alkyl halides is 1. The van der Waals surface area contributed by atoms with E-state index in [1.54, 1.807) is 42.5 Å². The Morgan fingerprint density at radius 1 is 1.18 bits per heavy atom. The van der Waals surface area contributed by atoms with Crippen LogP contribution in [0, 0.1) is 0 Å². The van der Waals surface area contributed by atoms with Crippen LogP contribution < -0.4 is 10.1 Å². The molecule has 0 aromatic heterocycles. The highest BCUT2D eigenvalue weighted by Crippen LogP contribution is 2.28. The fourth-order valence-corrected chi connectivity index (χ4v) is 4.69. The van der Waals surface area contributed by atoms with Crippen LogP contribution in [0.5, 0.6) is 5.75 Å². The van der Waals surface area contributed by atoms with Gasteiger partial charge in [-0.25, -0.2) is 17.8 Å². The lowest BCUT2D eigenvalue weighted by Gasteiger charge is -2.22. The lowest BCUT2D eigenvalue weighted by atomic mass is 9.97. The van der Waals surface area contributed by atoms with Crippen molar-refractivity contribution in [3.05, 3.63) is 60.2 Å². The summed E-state index contributed by atoms with van der Waals surface area (Å²) in [7, 11) is -3.65. The van der Waals surface area contributed by atoms with Crippen LogP contribution in [0.4, 0.5) is 4.39 Å². The number of carbonyl (C=O) groups is 1. The van der Waals surface area contributed by atoms with Crippen molar-refractivity contribution in [3.63, 3.8) is 0 Å². The second-order valence-electron chi connectivity index (χ2n) is 7.51. The number of aliphatic hydroxyl groups is 1. The Morgan fingerprint density at radius 2 is 1.91 bits per heavy atom. The van der Waals surface area contributed by atoms with Crippen molar-refractivity contribution in [1.82, 2.24) is 5.32 Å². The molecule has 1 atom stereocenters. The molecular formula is C23H27FN2O6S. The maximum Gasteiger partial charge on any atom is 0.251 e. The SMILES string of the molecule is O=C(NCCF)[C@@]1(CCS(=O)(=O)c2ccccc2)COC(c2ccc(OCCCO)cc2)=N1. The summed E-state index contributed by atoms with van der Waals surface area (Å²) in [6.45, 7) is -0.689. The van der Waals surface area contributed by atoms with Crippen LogP contribution in [0.25, 0.3) is 0 Å². The molecule has 1 heterocycles. The first kappa shape index (κ1) is 24.7. The fourth-order valence-electron chi connectivity index (χ4n) is 3.27. The molecule has 2 aromatic rings. The number of carbonyl (C=O) groups excluding carboxylic acids is 1. The Labute approximate surface area is 192 Å². The number of aliphatic hydroxyl groups excluding tert-OH is 1. The zero-order chi connectivity index (χ0) is 23.7. The van der Waals surface area contributed by atoms with Crippen molar-refractivity contribution in [2.75, 3.05) is 38.8 Å². The smallest absolute Gasteiger partial charge is 0.251 e. The minimum absolute atomic E-state index is 0.0370. The monoisotopic (exact) mass is 478 g/mol. The van der Waals surface area contributed by atoms with Crippen LogP contribution in [0.15, 0.2) is 64.5 Å². The summed E-state index contributed by atoms with van der Waals surface area (Å²) >= 11 is 0. The van der Waals surface area contributed by atoms with Crippen molar-refractivity contribution in [1.29, 1.82) is 0 Å². The minimum Gasteiger partial charge on any atom is -0.494 e. The molecule has 0 saturated carbocycles. The van der Waals surface area contributed by atoms with Crippen LogP contribution in [0.2, 0.25) is 0 Å². The number of benzene rings is 2. The molecule has 0 fully saturated rings. The third-order valence-corrected chi connectivity index (χ3v) is 6.86. The zero-order valence-corrected chi connectivity index (χ0v) is 18.9. The predicted octanol–water partition coefficient (Wildman–Crippen LogP) is 1.91. The number of hydrogen-bond donors (Lipinski definition) is 2. The van der Waals surface area contributed by atoms with Gasteiger partial charge in [0.05, 0.1) is 17.3 Å². The summed E-state index contributed by atoms with van der Waals surface area (Å²) in [6, 6.07) is 14.8. The van der Waals surface area contributed by atoms with Gasteiger partial charge >= 0.3 is 0 Å². The Bertz CT molecular complexity index is 1060. The first-order chi connectivity index (χ1) is 15.9. The summed E-state index contributed by atoms with van der Waals surface area (Å²) < 4.78 is 49.3. The average Bonchev–Trinajstić information content (AvgIpc) is 3.28. The summed E-state index contributed by atoms with van der Waals surface area (Å²) in [5, 5.41) is 11.3. The number of rotatable bonds is 12. The van der Waals surface area contributed by atoms with Crippen molar-refractivity contribution in [2.24, 2.45) is 4.99 Å². The first-order valence-corrected chi connectivity index (χ1v) is 12.2. The molecule has 178 valence electrons. The normalized spacial score (nSPS) is 17.8.